The summed E-state index contributed by atoms with van der Waals surface area (Å²) < 4.78 is 51.5. The van der Waals surface area contributed by atoms with Gasteiger partial charge in [0.15, 0.2) is 0 Å². The monoisotopic (exact) mass is 326 g/mol. The van der Waals surface area contributed by atoms with Crippen molar-refractivity contribution in [3.8, 4) is 0 Å². The summed E-state index contributed by atoms with van der Waals surface area (Å²) in [5, 5.41) is 2.40. The lowest BCUT2D eigenvalue weighted by atomic mass is 10.2. The minimum Gasteiger partial charge on any atom is -0.322 e. The third-order valence-electron chi connectivity index (χ3n) is 2.87. The first-order valence-electron chi connectivity index (χ1n) is 6.13. The number of anilines is 1. The normalized spacial score (nSPS) is 11.2. The summed E-state index contributed by atoms with van der Waals surface area (Å²) in [4.78, 5) is 11.9. The van der Waals surface area contributed by atoms with Crippen molar-refractivity contribution in [3.63, 3.8) is 0 Å². The van der Waals surface area contributed by atoms with E-state index in [1.807, 2.05) is 0 Å². The molecule has 0 atom stereocenters. The summed E-state index contributed by atoms with van der Waals surface area (Å²) >= 11 is 0. The first-order valence-corrected chi connectivity index (χ1v) is 7.62. The molecule has 5 nitrogen and oxygen atoms in total. The van der Waals surface area contributed by atoms with E-state index < -0.39 is 27.6 Å². The van der Waals surface area contributed by atoms with Crippen molar-refractivity contribution in [1.82, 2.24) is 4.72 Å². The molecule has 0 aliphatic carbocycles. The minimum absolute atomic E-state index is 0.0287. The molecular weight excluding hydrogens is 314 g/mol. The minimum atomic E-state index is -3.57. The number of halogens is 2. The molecule has 0 heterocycles. The van der Waals surface area contributed by atoms with Gasteiger partial charge in [-0.3, -0.25) is 4.79 Å². The van der Waals surface area contributed by atoms with Gasteiger partial charge in [0, 0.05) is 11.8 Å². The van der Waals surface area contributed by atoms with Gasteiger partial charge in [-0.25, -0.2) is 21.9 Å². The van der Waals surface area contributed by atoms with Crippen molar-refractivity contribution in [1.29, 1.82) is 0 Å². The molecule has 0 fully saturated rings. The summed E-state index contributed by atoms with van der Waals surface area (Å²) in [6.07, 6.45) is 0. The molecule has 2 N–H and O–H groups in total. The third kappa shape index (κ3) is 3.46. The molecule has 0 unspecified atom stereocenters. The average molecular weight is 326 g/mol. The lowest BCUT2D eigenvalue weighted by molar-refractivity contribution is 0.102. The second kappa shape index (κ2) is 6.20. The Bertz CT molecular complexity index is 805. The van der Waals surface area contributed by atoms with Crippen LogP contribution in [0.3, 0.4) is 0 Å². The van der Waals surface area contributed by atoms with E-state index in [2.05, 4.69) is 10.0 Å². The van der Waals surface area contributed by atoms with Gasteiger partial charge in [-0.15, -0.1) is 0 Å². The lowest BCUT2D eigenvalue weighted by Gasteiger charge is -2.07. The molecule has 0 saturated carbocycles. The van der Waals surface area contributed by atoms with Gasteiger partial charge >= 0.3 is 0 Å². The third-order valence-corrected chi connectivity index (χ3v) is 4.30. The number of amides is 1. The Labute approximate surface area is 126 Å². The van der Waals surface area contributed by atoms with E-state index in [1.54, 1.807) is 0 Å². The van der Waals surface area contributed by atoms with Crippen molar-refractivity contribution in [2.45, 2.75) is 4.90 Å². The molecule has 116 valence electrons. The van der Waals surface area contributed by atoms with Crippen molar-refractivity contribution in [3.05, 3.63) is 59.7 Å². The van der Waals surface area contributed by atoms with Crippen LogP contribution < -0.4 is 10.0 Å². The number of benzene rings is 2. The number of carbonyl (C=O) groups is 1. The quantitative estimate of drug-likeness (QED) is 0.904. The van der Waals surface area contributed by atoms with Gasteiger partial charge in [-0.2, -0.15) is 0 Å². The smallest absolute Gasteiger partial charge is 0.258 e. The maximum Gasteiger partial charge on any atom is 0.258 e. The van der Waals surface area contributed by atoms with Crippen LogP contribution in [-0.2, 0) is 10.0 Å². The predicted molar refractivity (Wildman–Crippen MR) is 77.0 cm³/mol. The number of sulfonamides is 1. The molecule has 0 saturated heterocycles. The highest BCUT2D eigenvalue weighted by atomic mass is 32.2. The summed E-state index contributed by atoms with van der Waals surface area (Å²) in [5.41, 5.74) is -0.0305. The van der Waals surface area contributed by atoms with E-state index in [0.29, 0.717) is 6.07 Å². The van der Waals surface area contributed by atoms with E-state index in [4.69, 9.17) is 0 Å². The fourth-order valence-corrected chi connectivity index (χ4v) is 2.44. The Hall–Kier alpha value is -2.32. The molecule has 2 aromatic carbocycles. The number of nitrogens with one attached hydrogen (secondary N) is 2. The van der Waals surface area contributed by atoms with Crippen LogP contribution in [-0.4, -0.2) is 21.4 Å². The Morgan fingerprint density at radius 1 is 1.05 bits per heavy atom. The first-order chi connectivity index (χ1) is 10.3. The highest BCUT2D eigenvalue weighted by Crippen LogP contribution is 2.16. The zero-order chi connectivity index (χ0) is 16.3. The van der Waals surface area contributed by atoms with E-state index in [9.17, 15) is 22.0 Å². The van der Waals surface area contributed by atoms with Crippen LogP contribution in [0.25, 0.3) is 0 Å². The molecule has 0 spiro atoms. The molecule has 22 heavy (non-hydrogen) atoms. The standard InChI is InChI=1S/C14H12F2N2O3S/c1-17-22(20,21)11-5-3-10(4-6-11)18-14(19)12-7-2-9(15)8-13(12)16/h2-8,17H,1H3,(H,18,19). The van der Waals surface area contributed by atoms with E-state index in [0.717, 1.165) is 12.1 Å². The summed E-state index contributed by atoms with van der Waals surface area (Å²) in [7, 11) is -2.29. The maximum absolute atomic E-state index is 13.5. The van der Waals surface area contributed by atoms with Gasteiger partial charge in [0.05, 0.1) is 10.5 Å². The van der Waals surface area contributed by atoms with E-state index in [1.165, 1.54) is 31.3 Å². The molecule has 0 aromatic heterocycles. The molecular formula is C14H12F2N2O3S. The number of carbonyl (C=O) groups excluding carboxylic acids is 1. The Morgan fingerprint density at radius 2 is 1.68 bits per heavy atom. The zero-order valence-corrected chi connectivity index (χ0v) is 12.2. The maximum atomic E-state index is 13.5. The fourth-order valence-electron chi connectivity index (χ4n) is 1.71. The molecule has 8 heteroatoms. The topological polar surface area (TPSA) is 75.3 Å². The van der Waals surface area contributed by atoms with Crippen molar-refractivity contribution < 1.29 is 22.0 Å². The van der Waals surface area contributed by atoms with Crippen molar-refractivity contribution >= 4 is 21.6 Å². The summed E-state index contributed by atoms with van der Waals surface area (Å²) in [5.74, 6) is -2.52. The lowest BCUT2D eigenvalue weighted by Crippen LogP contribution is -2.18. The van der Waals surface area contributed by atoms with E-state index >= 15 is 0 Å². The van der Waals surface area contributed by atoms with Gasteiger partial charge in [-0.1, -0.05) is 0 Å². The summed E-state index contributed by atoms with van der Waals surface area (Å²) in [6, 6.07) is 7.93. The fraction of sp³-hybridized carbons (Fsp3) is 0.0714. The van der Waals surface area contributed by atoms with E-state index in [-0.39, 0.29) is 16.1 Å². The van der Waals surface area contributed by atoms with Crippen LogP contribution in [0.4, 0.5) is 14.5 Å². The zero-order valence-electron chi connectivity index (χ0n) is 11.4. The van der Waals surface area contributed by atoms with Crippen molar-refractivity contribution in [2.24, 2.45) is 0 Å². The molecule has 1 amide bonds. The first kappa shape index (κ1) is 16.1. The Balaban J connectivity index is 2.19. The van der Waals surface area contributed by atoms with Gasteiger partial charge < -0.3 is 5.32 Å². The van der Waals surface area contributed by atoms with Crippen LogP contribution in [0.1, 0.15) is 10.4 Å². The SMILES string of the molecule is CNS(=O)(=O)c1ccc(NC(=O)c2ccc(F)cc2F)cc1. The Kier molecular flexibility index (Phi) is 4.53. The molecule has 0 aliphatic rings. The van der Waals surface area contributed by atoms with Crippen LogP contribution in [0.5, 0.6) is 0 Å². The molecule has 2 rings (SSSR count). The van der Waals surface area contributed by atoms with Gasteiger partial charge in [0.2, 0.25) is 10.0 Å². The van der Waals surface area contributed by atoms with Crippen LogP contribution >= 0.6 is 0 Å². The molecule has 0 aliphatic heterocycles. The Morgan fingerprint density at radius 3 is 2.23 bits per heavy atom. The second-order valence-electron chi connectivity index (χ2n) is 4.31. The number of hydrogen-bond acceptors (Lipinski definition) is 3. The molecule has 2 aromatic rings. The van der Waals surface area contributed by atoms with Gasteiger partial charge in [-0.05, 0) is 43.4 Å². The largest absolute Gasteiger partial charge is 0.322 e. The molecule has 0 bridgehead atoms. The van der Waals surface area contributed by atoms with Gasteiger partial charge in [0.1, 0.15) is 11.6 Å². The van der Waals surface area contributed by atoms with Crippen LogP contribution in [0.2, 0.25) is 0 Å². The highest BCUT2D eigenvalue weighted by molar-refractivity contribution is 7.89. The van der Waals surface area contributed by atoms with Crippen LogP contribution in [0.15, 0.2) is 47.4 Å². The predicted octanol–water partition coefficient (Wildman–Crippen LogP) is 2.13. The number of rotatable bonds is 4. The van der Waals surface area contributed by atoms with Crippen molar-refractivity contribution in [2.75, 3.05) is 12.4 Å². The van der Waals surface area contributed by atoms with Crippen LogP contribution in [0, 0.1) is 11.6 Å². The highest BCUT2D eigenvalue weighted by Gasteiger charge is 2.14. The molecule has 0 radical (unpaired) electrons. The average Bonchev–Trinajstić information content (AvgIpc) is 2.47. The van der Waals surface area contributed by atoms with Gasteiger partial charge in [0.25, 0.3) is 5.91 Å². The second-order valence-corrected chi connectivity index (χ2v) is 6.20. The number of hydrogen-bond donors (Lipinski definition) is 2. The summed E-state index contributed by atoms with van der Waals surface area (Å²) in [6.45, 7) is 0.